The van der Waals surface area contributed by atoms with Crippen LogP contribution < -0.4 is 5.32 Å². The third-order valence-electron chi connectivity index (χ3n) is 4.46. The number of nitrogens with one attached hydrogen (secondary N) is 1. The van der Waals surface area contributed by atoms with Gasteiger partial charge in [0.2, 0.25) is 0 Å². The Labute approximate surface area is 155 Å². The van der Waals surface area contributed by atoms with Gasteiger partial charge in [0, 0.05) is 19.6 Å². The summed E-state index contributed by atoms with van der Waals surface area (Å²) in [6, 6.07) is 3.79. The van der Waals surface area contributed by atoms with Crippen molar-refractivity contribution < 1.29 is 19.4 Å². The summed E-state index contributed by atoms with van der Waals surface area (Å²) in [5.41, 5.74) is 1.24. The fourth-order valence-corrected chi connectivity index (χ4v) is 3.26. The van der Waals surface area contributed by atoms with E-state index >= 15 is 0 Å². The Morgan fingerprint density at radius 2 is 2.15 bits per heavy atom. The van der Waals surface area contributed by atoms with Gasteiger partial charge in [0.1, 0.15) is 18.3 Å². The van der Waals surface area contributed by atoms with Crippen LogP contribution in [0.2, 0.25) is 0 Å². The predicted molar refractivity (Wildman–Crippen MR) is 95.9 cm³/mol. The number of nitrogens with zero attached hydrogens (tertiary/aromatic N) is 5. The van der Waals surface area contributed by atoms with E-state index in [0.29, 0.717) is 43.2 Å². The van der Waals surface area contributed by atoms with E-state index in [9.17, 15) is 5.11 Å². The zero-order valence-corrected chi connectivity index (χ0v) is 14.7. The molecule has 2 atom stereocenters. The second-order valence-corrected chi connectivity index (χ2v) is 6.37. The topological polar surface area (TPSA) is 122 Å². The minimum Gasteiger partial charge on any atom is -0.468 e. The second-order valence-electron chi connectivity index (χ2n) is 6.37. The molecule has 4 rings (SSSR count). The highest BCUT2D eigenvalue weighted by atomic mass is 16.5. The van der Waals surface area contributed by atoms with Crippen LogP contribution in [0.3, 0.4) is 0 Å². The van der Waals surface area contributed by atoms with Crippen LogP contribution in [0.25, 0.3) is 11.2 Å². The lowest BCUT2D eigenvalue weighted by Crippen LogP contribution is -2.46. The summed E-state index contributed by atoms with van der Waals surface area (Å²) >= 11 is 0. The van der Waals surface area contributed by atoms with Gasteiger partial charge in [-0.15, -0.1) is 0 Å². The fourth-order valence-electron chi connectivity index (χ4n) is 3.26. The SMILES string of the molecule is OCCNc1ncnc2c1ncn2[C@H]1CN(Cc2ccco2)C[C@@H](CO)O1. The molecule has 0 saturated carbocycles. The summed E-state index contributed by atoms with van der Waals surface area (Å²) in [5.74, 6) is 1.43. The zero-order valence-electron chi connectivity index (χ0n) is 14.7. The van der Waals surface area contributed by atoms with Crippen LogP contribution in [0.15, 0.2) is 35.5 Å². The Kier molecular flexibility index (Phi) is 5.30. The second kappa shape index (κ2) is 8.01. The number of aromatic nitrogens is 4. The quantitative estimate of drug-likeness (QED) is 0.533. The van der Waals surface area contributed by atoms with Gasteiger partial charge < -0.3 is 24.7 Å². The molecular weight excluding hydrogens is 352 g/mol. The molecule has 1 saturated heterocycles. The maximum Gasteiger partial charge on any atom is 0.167 e. The van der Waals surface area contributed by atoms with E-state index in [1.165, 1.54) is 6.33 Å². The van der Waals surface area contributed by atoms with E-state index in [2.05, 4.69) is 25.2 Å². The number of hydrogen-bond acceptors (Lipinski definition) is 9. The number of fused-ring (bicyclic) bond motifs is 1. The number of ether oxygens (including phenoxy) is 1. The van der Waals surface area contributed by atoms with Crippen molar-refractivity contribution in [1.82, 2.24) is 24.4 Å². The van der Waals surface area contributed by atoms with E-state index < -0.39 is 0 Å². The first-order chi connectivity index (χ1) is 13.3. The Balaban J connectivity index is 1.59. The fraction of sp³-hybridized carbons (Fsp3) is 0.471. The van der Waals surface area contributed by atoms with Gasteiger partial charge in [0.15, 0.2) is 17.0 Å². The smallest absolute Gasteiger partial charge is 0.167 e. The van der Waals surface area contributed by atoms with Crippen LogP contribution in [-0.4, -0.2) is 73.6 Å². The van der Waals surface area contributed by atoms with E-state index in [1.807, 2.05) is 16.7 Å². The maximum atomic E-state index is 9.65. The molecule has 10 nitrogen and oxygen atoms in total. The predicted octanol–water partition coefficient (Wildman–Crippen LogP) is 0.215. The van der Waals surface area contributed by atoms with Gasteiger partial charge in [-0.05, 0) is 12.1 Å². The molecule has 0 spiro atoms. The van der Waals surface area contributed by atoms with Crippen LogP contribution in [0, 0.1) is 0 Å². The van der Waals surface area contributed by atoms with Gasteiger partial charge in [-0.25, -0.2) is 15.0 Å². The number of hydrogen-bond donors (Lipinski definition) is 3. The lowest BCUT2D eigenvalue weighted by Gasteiger charge is -2.37. The molecule has 0 bridgehead atoms. The monoisotopic (exact) mass is 374 g/mol. The average molecular weight is 374 g/mol. The van der Waals surface area contributed by atoms with Crippen molar-refractivity contribution >= 4 is 17.0 Å². The standard InChI is InChI=1S/C17H22N6O4/c24-4-3-18-16-15-17(20-10-19-16)23(11-21-15)14-8-22(7-13(9-25)27-14)6-12-2-1-5-26-12/h1-2,5,10-11,13-14,24-25H,3-4,6-9H2,(H,18,19,20)/t13-,14+/m0/s1. The Morgan fingerprint density at radius 3 is 2.93 bits per heavy atom. The van der Waals surface area contributed by atoms with Gasteiger partial charge >= 0.3 is 0 Å². The number of aliphatic hydroxyl groups is 2. The van der Waals surface area contributed by atoms with E-state index in [0.717, 1.165) is 5.76 Å². The lowest BCUT2D eigenvalue weighted by atomic mass is 10.2. The van der Waals surface area contributed by atoms with Crippen LogP contribution >= 0.6 is 0 Å². The van der Waals surface area contributed by atoms with Crippen molar-refractivity contribution in [1.29, 1.82) is 0 Å². The van der Waals surface area contributed by atoms with Crippen LogP contribution in [0.1, 0.15) is 12.0 Å². The van der Waals surface area contributed by atoms with Crippen molar-refractivity contribution in [3.63, 3.8) is 0 Å². The third kappa shape index (κ3) is 3.78. The van der Waals surface area contributed by atoms with Crippen molar-refractivity contribution in [2.45, 2.75) is 18.9 Å². The van der Waals surface area contributed by atoms with Crippen LogP contribution in [0.5, 0.6) is 0 Å². The summed E-state index contributed by atoms with van der Waals surface area (Å²) < 4.78 is 13.3. The van der Waals surface area contributed by atoms with Crippen molar-refractivity contribution in [3.05, 3.63) is 36.8 Å². The minimum atomic E-state index is -0.351. The summed E-state index contributed by atoms with van der Waals surface area (Å²) in [6.45, 7) is 2.15. The van der Waals surface area contributed by atoms with Crippen LogP contribution in [0.4, 0.5) is 5.82 Å². The highest BCUT2D eigenvalue weighted by Gasteiger charge is 2.30. The molecule has 0 amide bonds. The van der Waals surface area contributed by atoms with Crippen LogP contribution in [-0.2, 0) is 11.3 Å². The zero-order chi connectivity index (χ0) is 18.6. The average Bonchev–Trinajstić information content (AvgIpc) is 3.35. The molecule has 3 aromatic heterocycles. The number of anilines is 1. The summed E-state index contributed by atoms with van der Waals surface area (Å²) in [4.78, 5) is 15.1. The molecule has 3 aromatic rings. The van der Waals surface area contributed by atoms with Gasteiger partial charge in [0.25, 0.3) is 0 Å². The van der Waals surface area contributed by atoms with E-state index in [-0.39, 0.29) is 25.5 Å². The first kappa shape index (κ1) is 17.9. The molecule has 0 aliphatic carbocycles. The molecule has 144 valence electrons. The Bertz CT molecular complexity index is 868. The molecule has 4 heterocycles. The highest BCUT2D eigenvalue weighted by Crippen LogP contribution is 2.26. The van der Waals surface area contributed by atoms with Gasteiger partial charge in [0.05, 0.1) is 38.5 Å². The van der Waals surface area contributed by atoms with E-state index in [4.69, 9.17) is 14.3 Å². The van der Waals surface area contributed by atoms with Gasteiger partial charge in [-0.1, -0.05) is 0 Å². The van der Waals surface area contributed by atoms with Crippen molar-refractivity contribution in [3.8, 4) is 0 Å². The van der Waals surface area contributed by atoms with Crippen molar-refractivity contribution in [2.75, 3.05) is 38.2 Å². The minimum absolute atomic E-state index is 0.00212. The highest BCUT2D eigenvalue weighted by molar-refractivity contribution is 5.82. The largest absolute Gasteiger partial charge is 0.468 e. The molecule has 1 aliphatic heterocycles. The summed E-state index contributed by atoms with van der Waals surface area (Å²) in [5, 5.41) is 21.7. The molecule has 1 fully saturated rings. The molecule has 0 aromatic carbocycles. The molecule has 1 aliphatic rings. The van der Waals surface area contributed by atoms with Gasteiger partial charge in [-0.2, -0.15) is 0 Å². The Morgan fingerprint density at radius 1 is 1.22 bits per heavy atom. The van der Waals surface area contributed by atoms with Gasteiger partial charge in [-0.3, -0.25) is 9.47 Å². The Hall–Kier alpha value is -2.53. The maximum absolute atomic E-state index is 9.65. The van der Waals surface area contributed by atoms with Crippen molar-refractivity contribution in [2.24, 2.45) is 0 Å². The third-order valence-corrected chi connectivity index (χ3v) is 4.46. The molecule has 10 heteroatoms. The number of furan rings is 1. The lowest BCUT2D eigenvalue weighted by molar-refractivity contribution is -0.136. The first-order valence-electron chi connectivity index (χ1n) is 8.81. The normalized spacial score (nSPS) is 21.0. The first-order valence-corrected chi connectivity index (χ1v) is 8.81. The summed E-state index contributed by atoms with van der Waals surface area (Å²) in [6.07, 6.45) is 4.10. The molecular formula is C17H22N6O4. The molecule has 3 N–H and O–H groups in total. The number of aliphatic hydroxyl groups excluding tert-OH is 2. The molecule has 0 radical (unpaired) electrons. The van der Waals surface area contributed by atoms with E-state index in [1.54, 1.807) is 12.6 Å². The number of imidazole rings is 1. The number of morpholine rings is 1. The molecule has 27 heavy (non-hydrogen) atoms. The number of rotatable bonds is 7. The summed E-state index contributed by atoms with van der Waals surface area (Å²) in [7, 11) is 0. The molecule has 0 unspecified atom stereocenters.